The fourth-order valence-corrected chi connectivity index (χ4v) is 2.85. The molecular weight excluding hydrogens is 268 g/mol. The Labute approximate surface area is 121 Å². The summed E-state index contributed by atoms with van der Waals surface area (Å²) >= 11 is 0. The molecule has 6 heteroatoms. The van der Waals surface area contributed by atoms with Gasteiger partial charge in [0.15, 0.2) is 0 Å². The maximum Gasteiger partial charge on any atom is 0.133 e. The van der Waals surface area contributed by atoms with Crippen molar-refractivity contribution in [2.24, 2.45) is 0 Å². The van der Waals surface area contributed by atoms with Crippen molar-refractivity contribution in [3.05, 3.63) is 42.2 Å². The van der Waals surface area contributed by atoms with Crippen LogP contribution in [0.5, 0.6) is 0 Å². The van der Waals surface area contributed by atoms with E-state index in [0.717, 1.165) is 42.2 Å². The summed E-state index contributed by atoms with van der Waals surface area (Å²) in [5.41, 5.74) is 2.81. The predicted molar refractivity (Wildman–Crippen MR) is 77.3 cm³/mol. The van der Waals surface area contributed by atoms with E-state index < -0.39 is 0 Å². The maximum atomic E-state index is 9.16. The highest BCUT2D eigenvalue weighted by Crippen LogP contribution is 2.26. The van der Waals surface area contributed by atoms with Gasteiger partial charge >= 0.3 is 0 Å². The lowest BCUT2D eigenvalue weighted by Crippen LogP contribution is -2.07. The molecule has 0 radical (unpaired) electrons. The van der Waals surface area contributed by atoms with Crippen LogP contribution in [0.3, 0.4) is 0 Å². The Morgan fingerprint density at radius 1 is 1.43 bits per heavy atom. The highest BCUT2D eigenvalue weighted by molar-refractivity contribution is 5.77. The molecule has 0 spiro atoms. The summed E-state index contributed by atoms with van der Waals surface area (Å²) in [5, 5.41) is 9.16. The third-order valence-corrected chi connectivity index (χ3v) is 3.91. The van der Waals surface area contributed by atoms with Gasteiger partial charge in [0, 0.05) is 30.6 Å². The first-order valence-electron chi connectivity index (χ1n) is 7.06. The van der Waals surface area contributed by atoms with Crippen LogP contribution in [-0.4, -0.2) is 37.8 Å². The molecule has 1 atom stereocenters. The van der Waals surface area contributed by atoms with Crippen LogP contribution in [0, 0.1) is 0 Å². The maximum absolute atomic E-state index is 9.16. The molecular formula is C15H16N4O2. The molecule has 0 saturated carbocycles. The number of H-pyrrole nitrogens is 1. The number of benzene rings is 1. The minimum absolute atomic E-state index is 0.0836. The Hall–Kier alpha value is -2.18. The van der Waals surface area contributed by atoms with Gasteiger partial charge in [-0.2, -0.15) is 0 Å². The average molecular weight is 284 g/mol. The van der Waals surface area contributed by atoms with Gasteiger partial charge in [0.05, 0.1) is 17.6 Å². The number of aliphatic hydroxyl groups is 1. The number of aromatic nitrogens is 4. The van der Waals surface area contributed by atoms with Crippen molar-refractivity contribution in [1.82, 2.24) is 19.5 Å². The molecule has 1 fully saturated rings. The highest BCUT2D eigenvalue weighted by atomic mass is 16.5. The SMILES string of the molecule is OCc1nc2ccc(-n3ccnc3C3CCOC3)cc2[nH]1. The minimum atomic E-state index is -0.0836. The second-order valence-corrected chi connectivity index (χ2v) is 5.26. The van der Waals surface area contributed by atoms with Crippen molar-refractivity contribution in [3.63, 3.8) is 0 Å². The molecule has 4 rings (SSSR count). The number of aromatic amines is 1. The second kappa shape index (κ2) is 4.98. The van der Waals surface area contributed by atoms with Gasteiger partial charge in [0.25, 0.3) is 0 Å². The molecule has 108 valence electrons. The molecule has 2 aromatic heterocycles. The van der Waals surface area contributed by atoms with Gasteiger partial charge < -0.3 is 19.4 Å². The van der Waals surface area contributed by atoms with Crippen LogP contribution < -0.4 is 0 Å². The normalized spacial score (nSPS) is 18.6. The average Bonchev–Trinajstić information content (AvgIpc) is 3.24. The molecule has 1 saturated heterocycles. The van der Waals surface area contributed by atoms with E-state index in [1.165, 1.54) is 0 Å². The molecule has 1 unspecified atom stereocenters. The molecule has 21 heavy (non-hydrogen) atoms. The first-order valence-corrected chi connectivity index (χ1v) is 7.06. The molecule has 3 aromatic rings. The number of ether oxygens (including phenoxy) is 1. The largest absolute Gasteiger partial charge is 0.388 e. The van der Waals surface area contributed by atoms with Crippen molar-refractivity contribution < 1.29 is 9.84 Å². The van der Waals surface area contributed by atoms with Gasteiger partial charge in [-0.15, -0.1) is 0 Å². The lowest BCUT2D eigenvalue weighted by atomic mass is 10.1. The van der Waals surface area contributed by atoms with Crippen LogP contribution in [0.25, 0.3) is 16.7 Å². The zero-order valence-electron chi connectivity index (χ0n) is 11.5. The zero-order valence-corrected chi connectivity index (χ0v) is 11.5. The van der Waals surface area contributed by atoms with Crippen molar-refractivity contribution >= 4 is 11.0 Å². The Kier molecular flexibility index (Phi) is 2.98. The topological polar surface area (TPSA) is 76.0 Å². The summed E-state index contributed by atoms with van der Waals surface area (Å²) in [6.07, 6.45) is 4.81. The van der Waals surface area contributed by atoms with Gasteiger partial charge in [0.1, 0.15) is 18.3 Å². The van der Waals surface area contributed by atoms with Gasteiger partial charge in [-0.1, -0.05) is 0 Å². The van der Waals surface area contributed by atoms with Gasteiger partial charge in [-0.05, 0) is 24.6 Å². The Bertz CT molecular complexity index is 771. The summed E-state index contributed by atoms with van der Waals surface area (Å²) in [5.74, 6) is 1.97. The zero-order chi connectivity index (χ0) is 14.2. The fraction of sp³-hybridized carbons (Fsp3) is 0.333. The van der Waals surface area contributed by atoms with Crippen LogP contribution in [-0.2, 0) is 11.3 Å². The summed E-state index contributed by atoms with van der Waals surface area (Å²) < 4.78 is 7.56. The van der Waals surface area contributed by atoms with Gasteiger partial charge in [0.2, 0.25) is 0 Å². The van der Waals surface area contributed by atoms with Crippen LogP contribution in [0.4, 0.5) is 0 Å². The van der Waals surface area contributed by atoms with Crippen molar-refractivity contribution in [3.8, 4) is 5.69 Å². The lowest BCUT2D eigenvalue weighted by Gasteiger charge is -2.11. The Morgan fingerprint density at radius 3 is 3.19 bits per heavy atom. The fourth-order valence-electron chi connectivity index (χ4n) is 2.85. The standard InChI is InChI=1S/C15H16N4O2/c20-8-14-17-12-2-1-11(7-13(12)18-14)19-5-4-16-15(19)10-3-6-21-9-10/h1-2,4-5,7,10,20H,3,6,8-9H2,(H,17,18). The third-order valence-electron chi connectivity index (χ3n) is 3.91. The number of hydrogen-bond donors (Lipinski definition) is 2. The Morgan fingerprint density at radius 2 is 2.38 bits per heavy atom. The third kappa shape index (κ3) is 2.12. The first-order chi connectivity index (χ1) is 10.3. The van der Waals surface area contributed by atoms with E-state index in [1.54, 1.807) is 0 Å². The van der Waals surface area contributed by atoms with Crippen molar-refractivity contribution in [2.45, 2.75) is 18.9 Å². The number of nitrogens with zero attached hydrogens (tertiary/aromatic N) is 3. The molecule has 1 aliphatic rings. The molecule has 1 aromatic carbocycles. The monoisotopic (exact) mass is 284 g/mol. The molecule has 2 N–H and O–H groups in total. The first kappa shape index (κ1) is 12.6. The van der Waals surface area contributed by atoms with Crippen LogP contribution in [0.15, 0.2) is 30.6 Å². The van der Waals surface area contributed by atoms with E-state index in [-0.39, 0.29) is 6.61 Å². The number of fused-ring (bicyclic) bond motifs is 1. The number of imidazole rings is 2. The minimum Gasteiger partial charge on any atom is -0.388 e. The summed E-state index contributed by atoms with van der Waals surface area (Å²) in [6.45, 7) is 1.45. The van der Waals surface area contributed by atoms with Crippen LogP contribution >= 0.6 is 0 Å². The van der Waals surface area contributed by atoms with Crippen LogP contribution in [0.1, 0.15) is 24.0 Å². The van der Waals surface area contributed by atoms with Crippen LogP contribution in [0.2, 0.25) is 0 Å². The van der Waals surface area contributed by atoms with E-state index in [4.69, 9.17) is 9.84 Å². The molecule has 0 amide bonds. The Balaban J connectivity index is 1.77. The molecule has 1 aliphatic heterocycles. The van der Waals surface area contributed by atoms with Gasteiger partial charge in [-0.3, -0.25) is 0 Å². The lowest BCUT2D eigenvalue weighted by molar-refractivity contribution is 0.193. The summed E-state index contributed by atoms with van der Waals surface area (Å²) in [6, 6.07) is 6.00. The van der Waals surface area contributed by atoms with E-state index in [2.05, 4.69) is 19.5 Å². The number of rotatable bonds is 3. The van der Waals surface area contributed by atoms with Crippen molar-refractivity contribution in [1.29, 1.82) is 0 Å². The van der Waals surface area contributed by atoms with E-state index >= 15 is 0 Å². The quantitative estimate of drug-likeness (QED) is 0.768. The smallest absolute Gasteiger partial charge is 0.133 e. The number of hydrogen-bond acceptors (Lipinski definition) is 4. The number of aliphatic hydroxyl groups excluding tert-OH is 1. The predicted octanol–water partition coefficient (Wildman–Crippen LogP) is 1.74. The van der Waals surface area contributed by atoms with E-state index in [0.29, 0.717) is 11.7 Å². The van der Waals surface area contributed by atoms with Crippen molar-refractivity contribution in [2.75, 3.05) is 13.2 Å². The van der Waals surface area contributed by atoms with Gasteiger partial charge in [-0.25, -0.2) is 9.97 Å². The second-order valence-electron chi connectivity index (χ2n) is 5.26. The molecule has 6 nitrogen and oxygen atoms in total. The highest BCUT2D eigenvalue weighted by Gasteiger charge is 2.22. The summed E-state index contributed by atoms with van der Waals surface area (Å²) in [7, 11) is 0. The molecule has 0 bridgehead atoms. The molecule has 0 aliphatic carbocycles. The molecule has 3 heterocycles. The summed E-state index contributed by atoms with van der Waals surface area (Å²) in [4.78, 5) is 11.9. The number of nitrogens with one attached hydrogen (secondary N) is 1. The van der Waals surface area contributed by atoms with E-state index in [1.807, 2.05) is 30.6 Å². The van der Waals surface area contributed by atoms with E-state index in [9.17, 15) is 0 Å².